The first-order valence-electron chi connectivity index (χ1n) is 4.61. The molecule has 0 radical (unpaired) electrons. The SMILES string of the molecule is COc1cc(C=O)c(OC)c(NC(C)=O)c1. The fourth-order valence-electron chi connectivity index (χ4n) is 1.34. The Morgan fingerprint density at radius 3 is 2.44 bits per heavy atom. The molecule has 86 valence electrons. The third-order valence-corrected chi connectivity index (χ3v) is 1.97. The van der Waals surface area contributed by atoms with Crippen molar-refractivity contribution < 1.29 is 19.1 Å². The maximum atomic E-state index is 11.0. The van der Waals surface area contributed by atoms with Gasteiger partial charge < -0.3 is 14.8 Å². The predicted molar refractivity (Wildman–Crippen MR) is 59.2 cm³/mol. The number of carbonyl (C=O) groups is 2. The van der Waals surface area contributed by atoms with Gasteiger partial charge >= 0.3 is 0 Å². The van der Waals surface area contributed by atoms with Crippen LogP contribution in [0.3, 0.4) is 0 Å². The molecule has 5 heteroatoms. The summed E-state index contributed by atoms with van der Waals surface area (Å²) in [5.74, 6) is 0.557. The van der Waals surface area contributed by atoms with Crippen LogP contribution >= 0.6 is 0 Å². The molecular formula is C11H13NO4. The molecule has 0 unspecified atom stereocenters. The number of ether oxygens (including phenoxy) is 2. The van der Waals surface area contributed by atoms with E-state index in [1.54, 1.807) is 6.07 Å². The van der Waals surface area contributed by atoms with Crippen LogP contribution in [0.2, 0.25) is 0 Å². The summed E-state index contributed by atoms with van der Waals surface area (Å²) in [5.41, 5.74) is 0.738. The van der Waals surface area contributed by atoms with Crippen LogP contribution in [0.5, 0.6) is 11.5 Å². The van der Waals surface area contributed by atoms with Crippen molar-refractivity contribution in [3.8, 4) is 11.5 Å². The molecule has 0 heterocycles. The minimum atomic E-state index is -0.247. The van der Waals surface area contributed by atoms with Crippen LogP contribution in [-0.2, 0) is 4.79 Å². The molecule has 0 aromatic heterocycles. The minimum absolute atomic E-state index is 0.247. The van der Waals surface area contributed by atoms with E-state index in [4.69, 9.17) is 9.47 Å². The highest BCUT2D eigenvalue weighted by Crippen LogP contribution is 2.32. The topological polar surface area (TPSA) is 64.6 Å². The van der Waals surface area contributed by atoms with Gasteiger partial charge in [0.2, 0.25) is 5.91 Å². The molecule has 1 rings (SSSR count). The fourth-order valence-corrected chi connectivity index (χ4v) is 1.34. The number of rotatable bonds is 4. The molecule has 0 aliphatic rings. The molecule has 0 aliphatic heterocycles. The quantitative estimate of drug-likeness (QED) is 0.785. The summed E-state index contributed by atoms with van der Waals surface area (Å²) in [6, 6.07) is 3.13. The second kappa shape index (κ2) is 5.16. The molecule has 1 aromatic rings. The Hall–Kier alpha value is -2.04. The van der Waals surface area contributed by atoms with Crippen molar-refractivity contribution in [3.05, 3.63) is 17.7 Å². The maximum absolute atomic E-state index is 11.0. The van der Waals surface area contributed by atoms with Crippen molar-refractivity contribution in [2.24, 2.45) is 0 Å². The van der Waals surface area contributed by atoms with Gasteiger partial charge in [-0.15, -0.1) is 0 Å². The third-order valence-electron chi connectivity index (χ3n) is 1.97. The Morgan fingerprint density at radius 2 is 2.00 bits per heavy atom. The van der Waals surface area contributed by atoms with E-state index in [1.807, 2.05) is 0 Å². The van der Waals surface area contributed by atoms with Crippen LogP contribution < -0.4 is 14.8 Å². The van der Waals surface area contributed by atoms with Gasteiger partial charge in [-0.2, -0.15) is 0 Å². The number of amides is 1. The second-order valence-corrected chi connectivity index (χ2v) is 3.10. The first kappa shape index (κ1) is 12.0. The zero-order valence-corrected chi connectivity index (χ0v) is 9.37. The molecule has 0 aliphatic carbocycles. The van der Waals surface area contributed by atoms with E-state index in [0.29, 0.717) is 29.0 Å². The number of carbonyl (C=O) groups excluding carboxylic acids is 2. The van der Waals surface area contributed by atoms with Crippen LogP contribution in [-0.4, -0.2) is 26.4 Å². The van der Waals surface area contributed by atoms with Crippen molar-refractivity contribution in [2.75, 3.05) is 19.5 Å². The maximum Gasteiger partial charge on any atom is 0.221 e. The highest BCUT2D eigenvalue weighted by atomic mass is 16.5. The highest BCUT2D eigenvalue weighted by Gasteiger charge is 2.12. The predicted octanol–water partition coefficient (Wildman–Crippen LogP) is 1.47. The number of hydrogen-bond acceptors (Lipinski definition) is 4. The molecule has 1 aromatic carbocycles. The van der Waals surface area contributed by atoms with E-state index in [-0.39, 0.29) is 5.91 Å². The van der Waals surface area contributed by atoms with Gasteiger partial charge in [-0.05, 0) is 6.07 Å². The van der Waals surface area contributed by atoms with Gasteiger partial charge in [0, 0.05) is 13.0 Å². The molecule has 16 heavy (non-hydrogen) atoms. The average molecular weight is 223 g/mol. The number of methoxy groups -OCH3 is 2. The summed E-state index contributed by atoms with van der Waals surface area (Å²) in [6.45, 7) is 1.37. The normalized spacial score (nSPS) is 9.44. The first-order chi connectivity index (χ1) is 7.62. The van der Waals surface area contributed by atoms with E-state index < -0.39 is 0 Å². The smallest absolute Gasteiger partial charge is 0.221 e. The summed E-state index contributed by atoms with van der Waals surface area (Å²) in [7, 11) is 2.91. The summed E-state index contributed by atoms with van der Waals surface area (Å²) < 4.78 is 10.1. The Labute approximate surface area is 93.4 Å². The van der Waals surface area contributed by atoms with Gasteiger partial charge in [0.15, 0.2) is 12.0 Å². The van der Waals surface area contributed by atoms with Crippen molar-refractivity contribution in [3.63, 3.8) is 0 Å². The van der Waals surface area contributed by atoms with E-state index in [2.05, 4.69) is 5.32 Å². The molecule has 5 nitrogen and oxygen atoms in total. The summed E-state index contributed by atoms with van der Waals surface area (Å²) in [6.07, 6.45) is 0.646. The number of anilines is 1. The second-order valence-electron chi connectivity index (χ2n) is 3.10. The first-order valence-corrected chi connectivity index (χ1v) is 4.61. The molecule has 1 N–H and O–H groups in total. The number of nitrogens with one attached hydrogen (secondary N) is 1. The van der Waals surface area contributed by atoms with E-state index in [0.717, 1.165) is 0 Å². The van der Waals surface area contributed by atoms with Gasteiger partial charge in [0.1, 0.15) is 5.75 Å². The Bertz CT molecular complexity index is 415. The van der Waals surface area contributed by atoms with Gasteiger partial charge in [-0.25, -0.2) is 0 Å². The Balaban J connectivity index is 3.30. The molecule has 0 atom stereocenters. The van der Waals surface area contributed by atoms with Crippen molar-refractivity contribution in [1.82, 2.24) is 0 Å². The minimum Gasteiger partial charge on any atom is -0.497 e. The lowest BCUT2D eigenvalue weighted by molar-refractivity contribution is -0.114. The Morgan fingerprint density at radius 1 is 1.31 bits per heavy atom. The van der Waals surface area contributed by atoms with Crippen molar-refractivity contribution >= 4 is 17.9 Å². The van der Waals surface area contributed by atoms with Crippen LogP contribution in [0.4, 0.5) is 5.69 Å². The lowest BCUT2D eigenvalue weighted by Gasteiger charge is -2.12. The number of aldehydes is 1. The zero-order valence-electron chi connectivity index (χ0n) is 9.37. The largest absolute Gasteiger partial charge is 0.497 e. The molecule has 0 fully saturated rings. The monoisotopic (exact) mass is 223 g/mol. The van der Waals surface area contributed by atoms with Crippen molar-refractivity contribution in [2.45, 2.75) is 6.92 Å². The average Bonchev–Trinajstić information content (AvgIpc) is 2.27. The molecular weight excluding hydrogens is 210 g/mol. The lowest BCUT2D eigenvalue weighted by Crippen LogP contribution is -2.08. The van der Waals surface area contributed by atoms with Gasteiger partial charge in [-0.3, -0.25) is 9.59 Å². The standard InChI is InChI=1S/C11H13NO4/c1-7(14)12-10-5-9(15-2)4-8(6-13)11(10)16-3/h4-6H,1-3H3,(H,12,14). The van der Waals surface area contributed by atoms with Crippen LogP contribution in [0.15, 0.2) is 12.1 Å². The van der Waals surface area contributed by atoms with Gasteiger partial charge in [0.05, 0.1) is 25.5 Å². The summed E-state index contributed by atoms with van der Waals surface area (Å²) in [4.78, 5) is 21.8. The molecule has 0 spiro atoms. The van der Waals surface area contributed by atoms with Crippen LogP contribution in [0.25, 0.3) is 0 Å². The molecule has 1 amide bonds. The summed E-state index contributed by atoms with van der Waals surface area (Å²) in [5, 5.41) is 2.57. The molecule has 0 saturated heterocycles. The molecule has 0 saturated carbocycles. The lowest BCUT2D eigenvalue weighted by atomic mass is 10.1. The van der Waals surface area contributed by atoms with E-state index in [1.165, 1.54) is 27.2 Å². The Kier molecular flexibility index (Phi) is 3.88. The van der Waals surface area contributed by atoms with Gasteiger partial charge in [-0.1, -0.05) is 0 Å². The van der Waals surface area contributed by atoms with Crippen molar-refractivity contribution in [1.29, 1.82) is 0 Å². The van der Waals surface area contributed by atoms with Crippen LogP contribution in [0, 0.1) is 0 Å². The zero-order chi connectivity index (χ0) is 12.1. The fraction of sp³-hybridized carbons (Fsp3) is 0.273. The van der Waals surface area contributed by atoms with Gasteiger partial charge in [0.25, 0.3) is 0 Å². The third kappa shape index (κ3) is 2.50. The van der Waals surface area contributed by atoms with E-state index >= 15 is 0 Å². The number of benzene rings is 1. The van der Waals surface area contributed by atoms with Crippen LogP contribution in [0.1, 0.15) is 17.3 Å². The number of hydrogen-bond donors (Lipinski definition) is 1. The van der Waals surface area contributed by atoms with E-state index in [9.17, 15) is 9.59 Å². The highest BCUT2D eigenvalue weighted by molar-refractivity contribution is 5.94. The summed E-state index contributed by atoms with van der Waals surface area (Å²) >= 11 is 0. The molecule has 0 bridgehead atoms.